The Hall–Kier alpha value is -1.38. The van der Waals surface area contributed by atoms with Gasteiger partial charge >= 0.3 is 0 Å². The third kappa shape index (κ3) is 3.35. The summed E-state index contributed by atoms with van der Waals surface area (Å²) in [7, 11) is 0. The highest BCUT2D eigenvalue weighted by Crippen LogP contribution is 2.13. The van der Waals surface area contributed by atoms with Gasteiger partial charge in [-0.1, -0.05) is 26.0 Å². The van der Waals surface area contributed by atoms with Crippen molar-refractivity contribution in [3.63, 3.8) is 0 Å². The molecule has 0 bridgehead atoms. The number of carbonyl (C=O) groups excluding carboxylic acids is 1. The Morgan fingerprint density at radius 3 is 2.60 bits per heavy atom. The summed E-state index contributed by atoms with van der Waals surface area (Å²) in [6.45, 7) is 5.50. The molecule has 1 N–H and O–H groups in total. The van der Waals surface area contributed by atoms with Crippen LogP contribution in [0, 0.1) is 11.7 Å². The van der Waals surface area contributed by atoms with Crippen LogP contribution in [0.3, 0.4) is 0 Å². The molecule has 1 aromatic rings. The summed E-state index contributed by atoms with van der Waals surface area (Å²) < 4.78 is 12.9. The first-order chi connectivity index (χ1) is 7.00. The third-order valence-electron chi connectivity index (χ3n) is 2.23. The minimum atomic E-state index is -0.279. The molecule has 2 nitrogen and oxygen atoms in total. The molecule has 0 spiro atoms. The van der Waals surface area contributed by atoms with Gasteiger partial charge in [0.15, 0.2) is 0 Å². The number of nitrogens with one attached hydrogen (secondary N) is 1. The van der Waals surface area contributed by atoms with E-state index in [0.717, 1.165) is 5.56 Å². The van der Waals surface area contributed by atoms with Crippen molar-refractivity contribution in [3.8, 4) is 0 Å². The molecule has 1 amide bonds. The molecule has 1 aromatic carbocycles. The van der Waals surface area contributed by atoms with Gasteiger partial charge in [-0.05, 0) is 24.6 Å². The van der Waals surface area contributed by atoms with Crippen molar-refractivity contribution in [3.05, 3.63) is 35.6 Å². The van der Waals surface area contributed by atoms with Crippen molar-refractivity contribution < 1.29 is 10.6 Å². The summed E-state index contributed by atoms with van der Waals surface area (Å²) in [6, 6.07) is 6.11. The zero-order chi connectivity index (χ0) is 11.4. The smallest absolute Gasteiger partial charge is 0.223 e. The van der Waals surface area contributed by atoms with Gasteiger partial charge in [0.2, 0.25) is 5.91 Å². The van der Waals surface area contributed by atoms with E-state index < -0.39 is 0 Å². The fourth-order valence-electron chi connectivity index (χ4n) is 1.24. The minimum absolute atomic E-state index is 0. The van der Waals surface area contributed by atoms with Crippen molar-refractivity contribution in [2.24, 2.45) is 5.92 Å². The lowest BCUT2D eigenvalue weighted by molar-refractivity contribution is -0.124. The van der Waals surface area contributed by atoms with Crippen LogP contribution in [0.15, 0.2) is 24.3 Å². The van der Waals surface area contributed by atoms with E-state index in [2.05, 4.69) is 5.32 Å². The summed E-state index contributed by atoms with van der Waals surface area (Å²) in [5.74, 6) is -0.356. The topological polar surface area (TPSA) is 29.1 Å². The van der Waals surface area contributed by atoms with Gasteiger partial charge < -0.3 is 5.32 Å². The van der Waals surface area contributed by atoms with E-state index in [4.69, 9.17) is 0 Å². The van der Waals surface area contributed by atoms with Gasteiger partial charge in [-0.3, -0.25) is 4.79 Å². The Bertz CT molecular complexity index is 355. The van der Waals surface area contributed by atoms with Crippen molar-refractivity contribution in [2.45, 2.75) is 26.8 Å². The summed E-state index contributed by atoms with van der Waals surface area (Å²) in [5, 5.41) is 2.82. The number of carbonyl (C=O) groups is 1. The average molecular weight is 211 g/mol. The Kier molecular flexibility index (Phi) is 3.83. The molecule has 0 aliphatic carbocycles. The highest BCUT2D eigenvalue weighted by atomic mass is 19.1. The second kappa shape index (κ2) is 4.91. The molecule has 1 rings (SSSR count). The predicted molar refractivity (Wildman–Crippen MR) is 59.9 cm³/mol. The molecular formula is C12H18FNO. The second-order valence-electron chi connectivity index (χ2n) is 3.94. The Morgan fingerprint density at radius 1 is 1.40 bits per heavy atom. The average Bonchev–Trinajstić information content (AvgIpc) is 2.17. The lowest BCUT2D eigenvalue weighted by Gasteiger charge is -2.15. The van der Waals surface area contributed by atoms with Gasteiger partial charge in [0.25, 0.3) is 0 Å². The van der Waals surface area contributed by atoms with E-state index in [0.29, 0.717) is 0 Å². The Labute approximate surface area is 91.0 Å². The van der Waals surface area contributed by atoms with E-state index in [1.54, 1.807) is 12.1 Å². The van der Waals surface area contributed by atoms with Crippen molar-refractivity contribution in [1.29, 1.82) is 0 Å². The number of hydrogen-bond acceptors (Lipinski definition) is 1. The van der Waals surface area contributed by atoms with Crippen molar-refractivity contribution >= 4 is 5.91 Å². The maximum atomic E-state index is 12.9. The number of halogens is 1. The van der Waals surface area contributed by atoms with E-state index in [1.165, 1.54) is 12.1 Å². The first-order valence-electron chi connectivity index (χ1n) is 5.06. The Morgan fingerprint density at radius 2 is 2.07 bits per heavy atom. The normalized spacial score (nSPS) is 12.6. The molecule has 0 heterocycles. The zero-order valence-electron chi connectivity index (χ0n) is 9.25. The van der Waals surface area contributed by atoms with E-state index in [1.807, 2.05) is 20.8 Å². The quantitative estimate of drug-likeness (QED) is 0.818. The molecule has 15 heavy (non-hydrogen) atoms. The lowest BCUT2D eigenvalue weighted by atomic mass is 10.1. The third-order valence-corrected chi connectivity index (χ3v) is 2.23. The fraction of sp³-hybridized carbons (Fsp3) is 0.417. The molecule has 0 aliphatic heterocycles. The fourth-order valence-corrected chi connectivity index (χ4v) is 1.24. The van der Waals surface area contributed by atoms with Gasteiger partial charge in [-0.15, -0.1) is 0 Å². The summed E-state index contributed by atoms with van der Waals surface area (Å²) in [4.78, 5) is 11.4. The van der Waals surface area contributed by atoms with Crippen LogP contribution in [0.2, 0.25) is 0 Å². The Balaban J connectivity index is 0.00000225. The molecular weight excluding hydrogens is 193 g/mol. The molecule has 1 atom stereocenters. The van der Waals surface area contributed by atoms with Crippen molar-refractivity contribution in [1.82, 2.24) is 5.32 Å². The molecule has 0 radical (unpaired) electrons. The molecule has 0 saturated carbocycles. The van der Waals surface area contributed by atoms with Crippen LogP contribution < -0.4 is 5.32 Å². The van der Waals surface area contributed by atoms with Gasteiger partial charge in [-0.2, -0.15) is 0 Å². The minimum Gasteiger partial charge on any atom is -0.349 e. The molecule has 1 unspecified atom stereocenters. The molecule has 3 heteroatoms. The van der Waals surface area contributed by atoms with Crippen LogP contribution in [0.1, 0.15) is 33.8 Å². The van der Waals surface area contributed by atoms with Gasteiger partial charge in [0, 0.05) is 7.34 Å². The number of benzene rings is 1. The molecule has 0 fully saturated rings. The van der Waals surface area contributed by atoms with Crippen LogP contribution in [0.25, 0.3) is 0 Å². The van der Waals surface area contributed by atoms with E-state index >= 15 is 0 Å². The lowest BCUT2D eigenvalue weighted by Crippen LogP contribution is -2.30. The molecule has 84 valence electrons. The SMILES string of the molecule is CC(C)C(=O)NC(C)c1cccc(F)c1.[HH]. The summed E-state index contributed by atoms with van der Waals surface area (Å²) >= 11 is 0. The monoisotopic (exact) mass is 211 g/mol. The number of hydrogen-bond donors (Lipinski definition) is 1. The van der Waals surface area contributed by atoms with Crippen LogP contribution in [-0.4, -0.2) is 5.91 Å². The van der Waals surface area contributed by atoms with Crippen LogP contribution in [0.5, 0.6) is 0 Å². The molecule has 0 aromatic heterocycles. The predicted octanol–water partition coefficient (Wildman–Crippen LogP) is 2.90. The van der Waals surface area contributed by atoms with Gasteiger partial charge in [-0.25, -0.2) is 4.39 Å². The van der Waals surface area contributed by atoms with Crippen LogP contribution in [0.4, 0.5) is 4.39 Å². The van der Waals surface area contributed by atoms with Gasteiger partial charge in [0.05, 0.1) is 6.04 Å². The summed E-state index contributed by atoms with van der Waals surface area (Å²) in [5.41, 5.74) is 0.781. The maximum Gasteiger partial charge on any atom is 0.223 e. The summed E-state index contributed by atoms with van der Waals surface area (Å²) in [6.07, 6.45) is 0. The van der Waals surface area contributed by atoms with Gasteiger partial charge in [0.1, 0.15) is 5.82 Å². The highest BCUT2D eigenvalue weighted by molar-refractivity contribution is 5.78. The number of amides is 1. The standard InChI is InChI=1S/C12H16FNO.H2/c1-8(2)12(15)14-9(3)10-5-4-6-11(13)7-10;/h4-9H,1-3H3,(H,14,15);1H. The maximum absolute atomic E-state index is 12.9. The molecule has 0 aliphatic rings. The van der Waals surface area contributed by atoms with Crippen LogP contribution >= 0.6 is 0 Å². The zero-order valence-corrected chi connectivity index (χ0v) is 9.25. The van der Waals surface area contributed by atoms with E-state index in [9.17, 15) is 9.18 Å². The first kappa shape index (κ1) is 11.7. The van der Waals surface area contributed by atoms with E-state index in [-0.39, 0.29) is 25.1 Å². The highest BCUT2D eigenvalue weighted by Gasteiger charge is 2.12. The van der Waals surface area contributed by atoms with Crippen LogP contribution in [-0.2, 0) is 4.79 Å². The first-order valence-corrected chi connectivity index (χ1v) is 5.06. The van der Waals surface area contributed by atoms with Crippen molar-refractivity contribution in [2.75, 3.05) is 0 Å². The molecule has 0 saturated heterocycles. The largest absolute Gasteiger partial charge is 0.349 e. The second-order valence-corrected chi connectivity index (χ2v) is 3.94. The number of rotatable bonds is 3.